The Hall–Kier alpha value is -0.243. The highest BCUT2D eigenvalue weighted by molar-refractivity contribution is 6.78. The lowest BCUT2D eigenvalue weighted by molar-refractivity contribution is 0.512. The Bertz CT molecular complexity index is 187. The van der Waals surface area contributed by atoms with Crippen LogP contribution >= 0.6 is 0 Å². The molecule has 1 unspecified atom stereocenters. The summed E-state index contributed by atoms with van der Waals surface area (Å²) in [6.45, 7) is 9.41. The third-order valence-corrected chi connectivity index (χ3v) is 7.91. The minimum absolute atomic E-state index is 0.935. The zero-order valence-electron chi connectivity index (χ0n) is 10.9. The molecule has 0 aliphatic heterocycles. The van der Waals surface area contributed by atoms with E-state index >= 15 is 0 Å². The molecular weight excluding hydrogens is 186 g/mol. The molecule has 0 radical (unpaired) electrons. The molecule has 0 aliphatic rings. The van der Waals surface area contributed by atoms with E-state index in [0.717, 1.165) is 0 Å². The van der Waals surface area contributed by atoms with Crippen molar-refractivity contribution in [3.05, 3.63) is 11.8 Å². The number of allylic oxidation sites excluding steroid dienone is 2. The molecule has 0 aromatic carbocycles. The normalized spacial score (nSPS) is 16.6. The van der Waals surface area contributed by atoms with E-state index in [4.69, 9.17) is 0 Å². The lowest BCUT2D eigenvalue weighted by Gasteiger charge is -2.25. The Kier molecular flexibility index (Phi) is 6.17. The van der Waals surface area contributed by atoms with E-state index in [0.29, 0.717) is 0 Å². The number of hydrogen-bond donors (Lipinski definition) is 0. The van der Waals surface area contributed by atoms with Gasteiger partial charge >= 0.3 is 0 Å². The van der Waals surface area contributed by atoms with Gasteiger partial charge < -0.3 is 4.90 Å². The fourth-order valence-electron chi connectivity index (χ4n) is 1.60. The van der Waals surface area contributed by atoms with E-state index in [1.54, 1.807) is 0 Å². The molecule has 0 N–H and O–H groups in total. The summed E-state index contributed by atoms with van der Waals surface area (Å²) in [5, 5.41) is 0. The van der Waals surface area contributed by atoms with Crippen LogP contribution in [0.4, 0.5) is 0 Å². The molecule has 0 aliphatic carbocycles. The first-order valence-corrected chi connectivity index (χ1v) is 8.91. The van der Waals surface area contributed by atoms with Crippen LogP contribution in [0.5, 0.6) is 0 Å². The van der Waals surface area contributed by atoms with Gasteiger partial charge in [0, 0.05) is 19.8 Å². The summed E-state index contributed by atoms with van der Waals surface area (Å²) in [5.41, 5.74) is 1.41. The highest BCUT2D eigenvalue weighted by Crippen LogP contribution is 2.23. The summed E-state index contributed by atoms with van der Waals surface area (Å²) >= 11 is 0. The van der Waals surface area contributed by atoms with Gasteiger partial charge in [-0.3, -0.25) is 0 Å². The molecule has 2 heteroatoms. The second-order valence-electron chi connectivity index (χ2n) is 4.86. The van der Waals surface area contributed by atoms with Gasteiger partial charge in [-0.25, -0.2) is 0 Å². The first-order valence-electron chi connectivity index (χ1n) is 5.79. The zero-order valence-corrected chi connectivity index (χ0v) is 11.9. The van der Waals surface area contributed by atoms with E-state index in [2.05, 4.69) is 52.4 Å². The van der Waals surface area contributed by atoms with Crippen molar-refractivity contribution in [2.24, 2.45) is 0 Å². The third-order valence-electron chi connectivity index (χ3n) is 3.30. The summed E-state index contributed by atoms with van der Waals surface area (Å²) in [7, 11) is 3.31. The first-order chi connectivity index (χ1) is 6.45. The van der Waals surface area contributed by atoms with Crippen LogP contribution in [0.25, 0.3) is 0 Å². The monoisotopic (exact) mass is 213 g/mol. The van der Waals surface area contributed by atoms with Gasteiger partial charge in [0.25, 0.3) is 0 Å². The van der Waals surface area contributed by atoms with E-state index in [1.807, 2.05) is 0 Å². The van der Waals surface area contributed by atoms with E-state index in [-0.39, 0.29) is 0 Å². The largest absolute Gasteiger partial charge is 0.381 e. The van der Waals surface area contributed by atoms with Crippen LogP contribution in [-0.2, 0) is 0 Å². The van der Waals surface area contributed by atoms with Gasteiger partial charge in [0.05, 0.1) is 8.07 Å². The van der Waals surface area contributed by atoms with Gasteiger partial charge in [-0.05, 0) is 13.0 Å². The van der Waals surface area contributed by atoms with Gasteiger partial charge in [-0.2, -0.15) is 0 Å². The van der Waals surface area contributed by atoms with Crippen molar-refractivity contribution in [2.75, 3.05) is 14.1 Å². The van der Waals surface area contributed by atoms with E-state index in [1.165, 1.54) is 30.3 Å². The lowest BCUT2D eigenvalue weighted by atomic mass is 10.4. The van der Waals surface area contributed by atoms with Crippen LogP contribution in [0, 0.1) is 0 Å². The second-order valence-corrected chi connectivity index (χ2v) is 10.1. The van der Waals surface area contributed by atoms with E-state index in [9.17, 15) is 0 Å². The SMILES string of the molecule is CCC[Si](C)(CC)CC=C(C)N(C)C. The van der Waals surface area contributed by atoms with Gasteiger partial charge in [0.2, 0.25) is 0 Å². The smallest absolute Gasteiger partial charge is 0.0540 e. The minimum Gasteiger partial charge on any atom is -0.381 e. The Morgan fingerprint density at radius 2 is 1.86 bits per heavy atom. The van der Waals surface area contributed by atoms with Crippen LogP contribution in [-0.4, -0.2) is 27.1 Å². The van der Waals surface area contributed by atoms with Gasteiger partial charge in [-0.1, -0.05) is 45.0 Å². The quantitative estimate of drug-likeness (QED) is 0.604. The van der Waals surface area contributed by atoms with Crippen LogP contribution in [0.15, 0.2) is 11.8 Å². The third kappa shape index (κ3) is 4.84. The molecule has 0 saturated carbocycles. The summed E-state index contributed by atoms with van der Waals surface area (Å²) in [4.78, 5) is 2.20. The fraction of sp³-hybridized carbons (Fsp3) is 0.833. The van der Waals surface area contributed by atoms with Crippen LogP contribution in [0.1, 0.15) is 27.2 Å². The average molecular weight is 213 g/mol. The molecule has 0 rings (SSSR count). The predicted octanol–water partition coefficient (Wildman–Crippen LogP) is 3.96. The predicted molar refractivity (Wildman–Crippen MR) is 69.4 cm³/mol. The summed E-state index contributed by atoms with van der Waals surface area (Å²) in [6, 6.07) is 4.24. The first kappa shape index (κ1) is 13.8. The van der Waals surface area contributed by atoms with Crippen molar-refractivity contribution in [2.45, 2.75) is 51.9 Å². The highest BCUT2D eigenvalue weighted by atomic mass is 28.3. The molecule has 0 spiro atoms. The molecule has 0 amide bonds. The van der Waals surface area contributed by atoms with E-state index < -0.39 is 8.07 Å². The van der Waals surface area contributed by atoms with Crippen molar-refractivity contribution >= 4 is 8.07 Å². The molecule has 84 valence electrons. The molecule has 1 atom stereocenters. The summed E-state index contributed by atoms with van der Waals surface area (Å²) in [6.07, 6.45) is 3.79. The number of rotatable bonds is 6. The molecule has 14 heavy (non-hydrogen) atoms. The van der Waals surface area contributed by atoms with Crippen LogP contribution in [0.2, 0.25) is 24.7 Å². The molecule has 0 heterocycles. The molecule has 0 fully saturated rings. The number of hydrogen-bond acceptors (Lipinski definition) is 1. The van der Waals surface area contributed by atoms with Crippen molar-refractivity contribution in [3.63, 3.8) is 0 Å². The number of nitrogens with zero attached hydrogens (tertiary/aromatic N) is 1. The Morgan fingerprint density at radius 1 is 1.29 bits per heavy atom. The maximum atomic E-state index is 2.54. The van der Waals surface area contributed by atoms with Gasteiger partial charge in [-0.15, -0.1) is 0 Å². The van der Waals surface area contributed by atoms with Crippen molar-refractivity contribution in [3.8, 4) is 0 Å². The lowest BCUT2D eigenvalue weighted by Crippen LogP contribution is -2.27. The summed E-state index contributed by atoms with van der Waals surface area (Å²) in [5.74, 6) is 0. The molecule has 0 bridgehead atoms. The van der Waals surface area contributed by atoms with Crippen molar-refractivity contribution in [1.82, 2.24) is 4.90 Å². The Morgan fingerprint density at radius 3 is 2.21 bits per heavy atom. The Balaban J connectivity index is 4.25. The van der Waals surface area contributed by atoms with Crippen LogP contribution < -0.4 is 0 Å². The fourth-order valence-corrected chi connectivity index (χ4v) is 4.45. The topological polar surface area (TPSA) is 3.24 Å². The summed E-state index contributed by atoms with van der Waals surface area (Å²) < 4.78 is 0. The standard InChI is InChI=1S/C12H27NSi/c1-7-10-14(6,8-2)11-9-12(3)13(4)5/h9H,7-8,10-11H2,1-6H3. The van der Waals surface area contributed by atoms with Crippen LogP contribution in [0.3, 0.4) is 0 Å². The molecule has 1 nitrogen and oxygen atoms in total. The maximum absolute atomic E-state index is 2.54. The van der Waals surface area contributed by atoms with Gasteiger partial charge in [0.1, 0.15) is 0 Å². The van der Waals surface area contributed by atoms with Gasteiger partial charge in [0.15, 0.2) is 0 Å². The zero-order chi connectivity index (χ0) is 11.2. The molecule has 0 aromatic rings. The molecular formula is C12H27NSi. The van der Waals surface area contributed by atoms with Crippen molar-refractivity contribution in [1.29, 1.82) is 0 Å². The minimum atomic E-state index is -0.935. The highest BCUT2D eigenvalue weighted by Gasteiger charge is 2.21. The average Bonchev–Trinajstić information content (AvgIpc) is 2.14. The maximum Gasteiger partial charge on any atom is 0.0540 e. The second kappa shape index (κ2) is 6.28. The molecule has 0 saturated heterocycles. The Labute approximate surface area is 91.2 Å². The van der Waals surface area contributed by atoms with Crippen molar-refractivity contribution < 1.29 is 0 Å². The molecule has 0 aromatic heterocycles.